The highest BCUT2D eigenvalue weighted by Crippen LogP contribution is 2.53. The predicted octanol–water partition coefficient (Wildman–Crippen LogP) is 4.49. The summed E-state index contributed by atoms with van der Waals surface area (Å²) in [5, 5.41) is 0. The number of carbonyl (C=O) groups is 2. The van der Waals surface area contributed by atoms with Gasteiger partial charge in [-0.1, -0.05) is 40.5 Å². The van der Waals surface area contributed by atoms with Crippen LogP contribution in [0, 0.1) is 28.6 Å². The fourth-order valence-electron chi connectivity index (χ4n) is 5.95. The van der Waals surface area contributed by atoms with Crippen LogP contribution in [0.4, 0.5) is 0 Å². The Bertz CT molecular complexity index is 510. The van der Waals surface area contributed by atoms with E-state index in [1.165, 1.54) is 19.3 Å². The molecule has 6 rings (SSSR count). The largest absolute Gasteiger partial charge is 0.301 e. The molecule has 0 aromatic heterocycles. The van der Waals surface area contributed by atoms with E-state index >= 15 is 0 Å². The van der Waals surface area contributed by atoms with E-state index in [1.54, 1.807) is 0 Å². The monoisotopic (exact) mass is 347 g/mol. The van der Waals surface area contributed by atoms with Gasteiger partial charge in [-0.25, -0.2) is 0 Å². The zero-order chi connectivity index (χ0) is 18.2. The second-order valence-electron chi connectivity index (χ2n) is 10.1. The Morgan fingerprint density at radius 1 is 1.16 bits per heavy atom. The molecule has 142 valence electrons. The zero-order valence-electron chi connectivity index (χ0n) is 16.8. The van der Waals surface area contributed by atoms with Gasteiger partial charge in [0.1, 0.15) is 11.6 Å². The summed E-state index contributed by atoms with van der Waals surface area (Å²) in [5.41, 5.74) is -0.293. The summed E-state index contributed by atoms with van der Waals surface area (Å²) in [5.74, 6) is 2.22. The van der Waals surface area contributed by atoms with Crippen molar-refractivity contribution in [3.8, 4) is 0 Å². The quantitative estimate of drug-likeness (QED) is 0.752. The van der Waals surface area contributed by atoms with Crippen molar-refractivity contribution in [1.82, 2.24) is 4.90 Å². The van der Waals surface area contributed by atoms with Crippen molar-refractivity contribution in [3.05, 3.63) is 0 Å². The molecule has 0 amide bonds. The van der Waals surface area contributed by atoms with Crippen LogP contribution in [0.5, 0.6) is 0 Å². The van der Waals surface area contributed by atoms with Crippen LogP contribution in [0.1, 0.15) is 79.1 Å². The highest BCUT2D eigenvalue weighted by atomic mass is 16.1. The molecule has 0 spiro atoms. The van der Waals surface area contributed by atoms with E-state index in [2.05, 4.69) is 18.7 Å². The molecule has 4 bridgehead atoms. The van der Waals surface area contributed by atoms with Crippen LogP contribution in [-0.4, -0.2) is 36.1 Å². The number of ketones is 2. The lowest BCUT2D eigenvalue weighted by Crippen LogP contribution is -2.61. The number of hydrogen-bond donors (Lipinski definition) is 0. The van der Waals surface area contributed by atoms with Gasteiger partial charge in [0.05, 0.1) is 5.41 Å². The van der Waals surface area contributed by atoms with Gasteiger partial charge in [-0.2, -0.15) is 0 Å². The summed E-state index contributed by atoms with van der Waals surface area (Å²) in [6, 6.07) is 0. The van der Waals surface area contributed by atoms with Crippen molar-refractivity contribution in [2.75, 3.05) is 19.6 Å². The first-order valence-electron chi connectivity index (χ1n) is 10.6. The topological polar surface area (TPSA) is 37.4 Å². The molecule has 5 heterocycles. The minimum absolute atomic E-state index is 0.0931. The standard InChI is InChI=1S/C22H37NO2/c1-16(2)11-22-14-23(15-22)10-6-5-7-18-12-21(13-18,9-8-19(22)24)20(25)17(3)4/h16-18H,5-15H2,1-4H3. The molecule has 3 heteroatoms. The zero-order valence-corrected chi connectivity index (χ0v) is 16.8. The summed E-state index contributed by atoms with van der Waals surface area (Å²) in [4.78, 5) is 28.5. The maximum Gasteiger partial charge on any atom is 0.141 e. The maximum absolute atomic E-state index is 13.2. The third-order valence-corrected chi connectivity index (χ3v) is 7.02. The van der Waals surface area contributed by atoms with Crippen LogP contribution in [0.25, 0.3) is 0 Å². The summed E-state index contributed by atoms with van der Waals surface area (Å²) in [6.45, 7) is 11.6. The van der Waals surface area contributed by atoms with Crippen LogP contribution >= 0.6 is 0 Å². The van der Waals surface area contributed by atoms with Crippen LogP contribution < -0.4 is 0 Å². The van der Waals surface area contributed by atoms with Gasteiger partial charge < -0.3 is 4.90 Å². The first kappa shape index (κ1) is 19.1. The normalized spacial score (nSPS) is 39.0. The molecule has 25 heavy (non-hydrogen) atoms. The molecule has 5 saturated heterocycles. The highest BCUT2D eigenvalue weighted by molar-refractivity contribution is 5.90. The fraction of sp³-hybridized carbons (Fsp3) is 0.909. The molecule has 6 aliphatic rings. The molecule has 1 saturated carbocycles. The van der Waals surface area contributed by atoms with Crippen molar-refractivity contribution in [2.45, 2.75) is 79.1 Å². The van der Waals surface area contributed by atoms with Crippen LogP contribution in [0.3, 0.4) is 0 Å². The van der Waals surface area contributed by atoms with E-state index in [-0.39, 0.29) is 16.7 Å². The highest BCUT2D eigenvalue weighted by Gasteiger charge is 2.52. The molecule has 0 unspecified atom stereocenters. The Morgan fingerprint density at radius 2 is 1.84 bits per heavy atom. The van der Waals surface area contributed by atoms with Gasteiger partial charge in [0.25, 0.3) is 0 Å². The Balaban J connectivity index is 1.75. The first-order chi connectivity index (χ1) is 11.8. The molecular formula is C22H37NO2. The van der Waals surface area contributed by atoms with E-state index in [9.17, 15) is 9.59 Å². The number of Topliss-reactive ketones (excluding diaryl/α,β-unsaturated/α-hetero) is 2. The minimum Gasteiger partial charge on any atom is -0.301 e. The van der Waals surface area contributed by atoms with E-state index < -0.39 is 0 Å². The SMILES string of the molecule is CC(C)CC12CN(CCCCC3CC(C(=O)C(C)C)(CCC1=O)C3)C2. The average molecular weight is 348 g/mol. The Kier molecular flexibility index (Phi) is 5.44. The molecule has 1 aliphatic carbocycles. The maximum atomic E-state index is 13.2. The second-order valence-corrected chi connectivity index (χ2v) is 10.1. The third-order valence-electron chi connectivity index (χ3n) is 7.02. The fourth-order valence-corrected chi connectivity index (χ4v) is 5.95. The number of carbonyl (C=O) groups excluding carboxylic acids is 2. The number of hydrogen-bond acceptors (Lipinski definition) is 3. The second kappa shape index (κ2) is 7.13. The lowest BCUT2D eigenvalue weighted by molar-refractivity contribution is -0.146. The molecular weight excluding hydrogens is 310 g/mol. The van der Waals surface area contributed by atoms with Crippen molar-refractivity contribution in [2.24, 2.45) is 28.6 Å². The van der Waals surface area contributed by atoms with Gasteiger partial charge >= 0.3 is 0 Å². The first-order valence-corrected chi connectivity index (χ1v) is 10.6. The van der Waals surface area contributed by atoms with Crippen molar-refractivity contribution >= 4 is 11.6 Å². The molecule has 0 atom stereocenters. The average Bonchev–Trinajstić information content (AvgIpc) is 2.49. The van der Waals surface area contributed by atoms with E-state index in [0.717, 1.165) is 45.3 Å². The smallest absolute Gasteiger partial charge is 0.141 e. The minimum atomic E-state index is -0.176. The molecule has 0 aromatic carbocycles. The van der Waals surface area contributed by atoms with Gasteiger partial charge in [0, 0.05) is 30.8 Å². The number of nitrogens with zero attached hydrogens (tertiary/aromatic N) is 1. The van der Waals surface area contributed by atoms with Crippen molar-refractivity contribution in [1.29, 1.82) is 0 Å². The van der Waals surface area contributed by atoms with E-state index in [0.29, 0.717) is 29.8 Å². The lowest BCUT2D eigenvalue weighted by atomic mass is 9.54. The molecule has 0 aromatic rings. The predicted molar refractivity (Wildman–Crippen MR) is 101 cm³/mol. The van der Waals surface area contributed by atoms with Gasteiger partial charge in [0.2, 0.25) is 0 Å². The van der Waals surface area contributed by atoms with Gasteiger partial charge in [-0.15, -0.1) is 0 Å². The Hall–Kier alpha value is -0.700. The van der Waals surface area contributed by atoms with Crippen molar-refractivity contribution < 1.29 is 9.59 Å². The summed E-state index contributed by atoms with van der Waals surface area (Å²) >= 11 is 0. The van der Waals surface area contributed by atoms with Crippen LogP contribution in [0.15, 0.2) is 0 Å². The molecule has 0 N–H and O–H groups in total. The Labute approximate surface area is 153 Å². The summed E-state index contributed by atoms with van der Waals surface area (Å²) in [6.07, 6.45) is 8.30. The summed E-state index contributed by atoms with van der Waals surface area (Å²) < 4.78 is 0. The van der Waals surface area contributed by atoms with Gasteiger partial charge in [0.15, 0.2) is 0 Å². The molecule has 3 nitrogen and oxygen atoms in total. The van der Waals surface area contributed by atoms with E-state index in [1.807, 2.05) is 13.8 Å². The van der Waals surface area contributed by atoms with Crippen molar-refractivity contribution in [3.63, 3.8) is 0 Å². The Morgan fingerprint density at radius 3 is 2.44 bits per heavy atom. The molecule has 6 fully saturated rings. The third kappa shape index (κ3) is 3.72. The summed E-state index contributed by atoms with van der Waals surface area (Å²) in [7, 11) is 0. The lowest BCUT2D eigenvalue weighted by Gasteiger charge is -2.51. The molecule has 0 radical (unpaired) electrons. The van der Waals surface area contributed by atoms with Gasteiger partial charge in [-0.3, -0.25) is 9.59 Å². The number of rotatable bonds is 4. The van der Waals surface area contributed by atoms with Crippen LogP contribution in [0.2, 0.25) is 0 Å². The molecule has 5 aliphatic heterocycles. The van der Waals surface area contributed by atoms with Gasteiger partial charge in [-0.05, 0) is 50.5 Å². The van der Waals surface area contributed by atoms with Crippen LogP contribution in [-0.2, 0) is 9.59 Å². The van der Waals surface area contributed by atoms with E-state index in [4.69, 9.17) is 0 Å².